The molecule has 2 unspecified atom stereocenters. The molecular weight excluding hydrogens is 322 g/mol. The van der Waals surface area contributed by atoms with Crippen LogP contribution in [0, 0.1) is 6.92 Å². The topological polar surface area (TPSA) is 12.0 Å². The van der Waals surface area contributed by atoms with Crippen molar-refractivity contribution >= 4 is 15.9 Å². The Labute approximate surface area is 136 Å². The maximum Gasteiger partial charge on any atom is 0.0320 e. The molecule has 0 saturated carbocycles. The van der Waals surface area contributed by atoms with Crippen LogP contribution in [-0.4, -0.2) is 6.04 Å². The van der Waals surface area contributed by atoms with Gasteiger partial charge in [-0.2, -0.15) is 0 Å². The summed E-state index contributed by atoms with van der Waals surface area (Å²) < 4.78 is 1.13. The van der Waals surface area contributed by atoms with E-state index >= 15 is 0 Å². The molecule has 0 bridgehead atoms. The second-order valence-corrected chi connectivity index (χ2v) is 6.63. The van der Waals surface area contributed by atoms with Crippen LogP contribution in [0.1, 0.15) is 43.0 Å². The van der Waals surface area contributed by atoms with Gasteiger partial charge in [-0.1, -0.05) is 59.3 Å². The van der Waals surface area contributed by atoms with E-state index in [-0.39, 0.29) is 0 Å². The van der Waals surface area contributed by atoms with Gasteiger partial charge >= 0.3 is 0 Å². The molecule has 0 spiro atoms. The summed E-state index contributed by atoms with van der Waals surface area (Å²) in [5, 5.41) is 3.76. The van der Waals surface area contributed by atoms with Crippen molar-refractivity contribution in [3.05, 3.63) is 69.7 Å². The molecule has 0 aromatic heterocycles. The first kappa shape index (κ1) is 16.3. The molecule has 2 heteroatoms. The Morgan fingerprint density at radius 1 is 1.05 bits per heavy atom. The van der Waals surface area contributed by atoms with E-state index in [0.717, 1.165) is 17.3 Å². The van der Waals surface area contributed by atoms with Crippen LogP contribution in [0.5, 0.6) is 0 Å². The van der Waals surface area contributed by atoms with E-state index in [1.54, 1.807) is 0 Å². The maximum absolute atomic E-state index is 3.76. The third-order valence-electron chi connectivity index (χ3n) is 3.95. The minimum absolute atomic E-state index is 0.414. The van der Waals surface area contributed by atoms with E-state index in [1.807, 2.05) is 0 Å². The quantitative estimate of drug-likeness (QED) is 0.735. The second-order valence-electron chi connectivity index (χ2n) is 5.71. The summed E-state index contributed by atoms with van der Waals surface area (Å²) >= 11 is 3.50. The maximum atomic E-state index is 3.76. The van der Waals surface area contributed by atoms with E-state index in [0.29, 0.717) is 12.1 Å². The predicted molar refractivity (Wildman–Crippen MR) is 94.7 cm³/mol. The summed E-state index contributed by atoms with van der Waals surface area (Å²) in [4.78, 5) is 0. The molecule has 2 rings (SSSR count). The van der Waals surface area contributed by atoms with Gasteiger partial charge in [-0.25, -0.2) is 0 Å². The van der Waals surface area contributed by atoms with E-state index in [1.165, 1.54) is 16.7 Å². The highest BCUT2D eigenvalue weighted by Gasteiger charge is 2.13. The van der Waals surface area contributed by atoms with Crippen LogP contribution in [-0.2, 0) is 6.42 Å². The van der Waals surface area contributed by atoms with Crippen LogP contribution in [0.15, 0.2) is 53.0 Å². The first-order valence-electron chi connectivity index (χ1n) is 7.66. The van der Waals surface area contributed by atoms with Gasteiger partial charge in [-0.3, -0.25) is 0 Å². The van der Waals surface area contributed by atoms with Crippen molar-refractivity contribution < 1.29 is 0 Å². The number of halogens is 1. The van der Waals surface area contributed by atoms with Gasteiger partial charge in [0, 0.05) is 16.6 Å². The lowest BCUT2D eigenvalue weighted by Gasteiger charge is -2.23. The standard InChI is InChI=1S/C19H24BrN/c1-4-19(16-9-11-18(20)12-10-16)21-15(3)13-17-8-6-5-7-14(17)2/h5-12,15,19,21H,4,13H2,1-3H3. The number of hydrogen-bond donors (Lipinski definition) is 1. The van der Waals surface area contributed by atoms with Crippen LogP contribution < -0.4 is 5.32 Å². The fourth-order valence-corrected chi connectivity index (χ4v) is 2.98. The van der Waals surface area contributed by atoms with Crippen LogP contribution in [0.25, 0.3) is 0 Å². The Balaban J connectivity index is 2.01. The van der Waals surface area contributed by atoms with Crippen molar-refractivity contribution in [3.8, 4) is 0 Å². The van der Waals surface area contributed by atoms with Gasteiger partial charge in [0.1, 0.15) is 0 Å². The summed E-state index contributed by atoms with van der Waals surface area (Å²) in [7, 11) is 0. The first-order valence-corrected chi connectivity index (χ1v) is 8.45. The molecule has 1 nitrogen and oxygen atoms in total. The van der Waals surface area contributed by atoms with Gasteiger partial charge in [0.25, 0.3) is 0 Å². The van der Waals surface area contributed by atoms with Crippen molar-refractivity contribution in [2.75, 3.05) is 0 Å². The SMILES string of the molecule is CCC(NC(C)Cc1ccccc1C)c1ccc(Br)cc1. The lowest BCUT2D eigenvalue weighted by molar-refractivity contribution is 0.443. The summed E-state index contributed by atoms with van der Waals surface area (Å²) in [6.07, 6.45) is 2.17. The number of hydrogen-bond acceptors (Lipinski definition) is 1. The molecule has 0 aliphatic carbocycles. The average Bonchev–Trinajstić information content (AvgIpc) is 2.48. The molecule has 0 aliphatic rings. The van der Waals surface area contributed by atoms with Gasteiger partial charge in [-0.15, -0.1) is 0 Å². The normalized spacial score (nSPS) is 13.9. The Morgan fingerprint density at radius 3 is 2.33 bits per heavy atom. The third-order valence-corrected chi connectivity index (χ3v) is 4.48. The number of aryl methyl sites for hydroxylation is 1. The van der Waals surface area contributed by atoms with E-state index < -0.39 is 0 Å². The Kier molecular flexibility index (Phi) is 6.01. The molecular formula is C19H24BrN. The summed E-state index contributed by atoms with van der Waals surface area (Å²) in [5.74, 6) is 0. The average molecular weight is 346 g/mol. The fourth-order valence-electron chi connectivity index (χ4n) is 2.72. The Hall–Kier alpha value is -1.12. The largest absolute Gasteiger partial charge is 0.307 e. The van der Waals surface area contributed by atoms with Crippen molar-refractivity contribution in [1.29, 1.82) is 0 Å². The highest BCUT2D eigenvalue weighted by Crippen LogP contribution is 2.21. The van der Waals surface area contributed by atoms with Crippen molar-refractivity contribution in [2.24, 2.45) is 0 Å². The monoisotopic (exact) mass is 345 g/mol. The van der Waals surface area contributed by atoms with Crippen LogP contribution in [0.3, 0.4) is 0 Å². The number of benzene rings is 2. The zero-order valence-electron chi connectivity index (χ0n) is 13.1. The van der Waals surface area contributed by atoms with Gasteiger partial charge in [0.15, 0.2) is 0 Å². The van der Waals surface area contributed by atoms with Crippen molar-refractivity contribution in [2.45, 2.75) is 45.7 Å². The lowest BCUT2D eigenvalue weighted by atomic mass is 9.99. The molecule has 0 saturated heterocycles. The Bertz CT molecular complexity index is 562. The predicted octanol–water partition coefficient (Wildman–Crippen LogP) is 5.43. The number of rotatable bonds is 6. The van der Waals surface area contributed by atoms with Crippen LogP contribution in [0.4, 0.5) is 0 Å². The molecule has 2 aromatic carbocycles. The summed E-state index contributed by atoms with van der Waals surface area (Å²) in [6, 6.07) is 18.2. The van der Waals surface area contributed by atoms with E-state index in [4.69, 9.17) is 0 Å². The molecule has 1 N–H and O–H groups in total. The zero-order chi connectivity index (χ0) is 15.2. The summed E-state index contributed by atoms with van der Waals surface area (Å²) in [6.45, 7) is 6.70. The highest BCUT2D eigenvalue weighted by molar-refractivity contribution is 9.10. The minimum atomic E-state index is 0.414. The molecule has 0 aliphatic heterocycles. The zero-order valence-corrected chi connectivity index (χ0v) is 14.7. The number of nitrogens with one attached hydrogen (secondary N) is 1. The molecule has 0 amide bonds. The molecule has 21 heavy (non-hydrogen) atoms. The third kappa shape index (κ3) is 4.69. The lowest BCUT2D eigenvalue weighted by Crippen LogP contribution is -2.32. The molecule has 2 aromatic rings. The molecule has 0 radical (unpaired) electrons. The van der Waals surface area contributed by atoms with Gasteiger partial charge in [0.2, 0.25) is 0 Å². The molecule has 2 atom stereocenters. The van der Waals surface area contributed by atoms with Crippen LogP contribution >= 0.6 is 15.9 Å². The molecule has 0 heterocycles. The van der Waals surface area contributed by atoms with Crippen molar-refractivity contribution in [3.63, 3.8) is 0 Å². The fraction of sp³-hybridized carbons (Fsp3) is 0.368. The van der Waals surface area contributed by atoms with Gasteiger partial charge < -0.3 is 5.32 Å². The smallest absolute Gasteiger partial charge is 0.0320 e. The van der Waals surface area contributed by atoms with E-state index in [9.17, 15) is 0 Å². The van der Waals surface area contributed by atoms with Gasteiger partial charge in [0.05, 0.1) is 0 Å². The minimum Gasteiger partial charge on any atom is -0.307 e. The van der Waals surface area contributed by atoms with Crippen molar-refractivity contribution in [1.82, 2.24) is 5.32 Å². The first-order chi connectivity index (χ1) is 10.1. The molecule has 112 valence electrons. The molecule has 0 fully saturated rings. The van der Waals surface area contributed by atoms with Crippen LogP contribution in [0.2, 0.25) is 0 Å². The summed E-state index contributed by atoms with van der Waals surface area (Å²) in [5.41, 5.74) is 4.17. The van der Waals surface area contributed by atoms with Gasteiger partial charge in [-0.05, 0) is 55.5 Å². The van der Waals surface area contributed by atoms with E-state index in [2.05, 4.69) is 90.5 Å². The second kappa shape index (κ2) is 7.77. The Morgan fingerprint density at radius 2 is 1.71 bits per heavy atom. The highest BCUT2D eigenvalue weighted by atomic mass is 79.9.